The smallest absolute Gasteiger partial charge is 0.220 e. The largest absolute Gasteiger partial charge is 0.508 e. The lowest BCUT2D eigenvalue weighted by molar-refractivity contribution is -0.121. The van der Waals surface area contributed by atoms with Gasteiger partial charge >= 0.3 is 0 Å². The van der Waals surface area contributed by atoms with E-state index in [4.69, 9.17) is 0 Å². The third kappa shape index (κ3) is 5.84. The predicted octanol–water partition coefficient (Wildman–Crippen LogP) is 1.68. The molecule has 1 aromatic rings. The molecule has 0 saturated carbocycles. The predicted molar refractivity (Wildman–Crippen MR) is 90.4 cm³/mol. The van der Waals surface area contributed by atoms with Crippen molar-refractivity contribution in [3.8, 4) is 5.75 Å². The lowest BCUT2D eigenvalue weighted by Crippen LogP contribution is -2.43. The first kappa shape index (κ1) is 17.8. The van der Waals surface area contributed by atoms with Crippen LogP contribution in [0.2, 0.25) is 0 Å². The maximum Gasteiger partial charge on any atom is 0.220 e. The van der Waals surface area contributed by atoms with E-state index in [0.717, 1.165) is 31.5 Å². The van der Waals surface area contributed by atoms with Crippen LogP contribution in [0, 0.1) is 0 Å². The number of hydrogen-bond acceptors (Lipinski definition) is 4. The minimum atomic E-state index is 0.0191. The number of piperidine rings is 1. The second-order valence-electron chi connectivity index (χ2n) is 6.20. The number of aliphatic hydroxyl groups is 1. The number of rotatable bonds is 8. The Hall–Kier alpha value is -1.59. The number of aliphatic hydroxyl groups excluding tert-OH is 1. The Morgan fingerprint density at radius 2 is 2.13 bits per heavy atom. The lowest BCUT2D eigenvalue weighted by atomic mass is 10.0. The highest BCUT2D eigenvalue weighted by Crippen LogP contribution is 2.17. The third-order valence-electron chi connectivity index (χ3n) is 4.52. The van der Waals surface area contributed by atoms with Crippen molar-refractivity contribution in [2.75, 3.05) is 26.2 Å². The second kappa shape index (κ2) is 9.53. The summed E-state index contributed by atoms with van der Waals surface area (Å²) in [5.74, 6) is 0.269. The molecule has 5 heteroatoms. The molecule has 3 N–H and O–H groups in total. The Bertz CT molecular complexity index is 493. The van der Waals surface area contributed by atoms with E-state index in [9.17, 15) is 15.0 Å². The number of nitrogens with one attached hydrogen (secondary N) is 1. The molecule has 1 aromatic carbocycles. The van der Waals surface area contributed by atoms with Gasteiger partial charge in [0.25, 0.3) is 0 Å². The number of amides is 1. The highest BCUT2D eigenvalue weighted by Gasteiger charge is 2.20. The molecule has 23 heavy (non-hydrogen) atoms. The topological polar surface area (TPSA) is 72.8 Å². The zero-order valence-electron chi connectivity index (χ0n) is 13.7. The van der Waals surface area contributed by atoms with Crippen LogP contribution >= 0.6 is 0 Å². The van der Waals surface area contributed by atoms with E-state index in [0.29, 0.717) is 25.4 Å². The molecule has 0 spiro atoms. The van der Waals surface area contributed by atoms with Crippen molar-refractivity contribution in [1.29, 1.82) is 0 Å². The number of carbonyl (C=O) groups is 1. The fourth-order valence-electron chi connectivity index (χ4n) is 3.13. The van der Waals surface area contributed by atoms with Crippen molar-refractivity contribution in [2.45, 2.75) is 44.6 Å². The molecule has 1 amide bonds. The van der Waals surface area contributed by atoms with Gasteiger partial charge in [0.15, 0.2) is 0 Å². The summed E-state index contributed by atoms with van der Waals surface area (Å²) in [6.07, 6.45) is 5.31. The Morgan fingerprint density at radius 3 is 2.91 bits per heavy atom. The van der Waals surface area contributed by atoms with Gasteiger partial charge in [-0.25, -0.2) is 0 Å². The number of nitrogens with zero attached hydrogens (tertiary/aromatic N) is 1. The maximum atomic E-state index is 11.9. The minimum Gasteiger partial charge on any atom is -0.508 e. The second-order valence-corrected chi connectivity index (χ2v) is 6.20. The van der Waals surface area contributed by atoms with Crippen molar-refractivity contribution < 1.29 is 15.0 Å². The Kier molecular flexibility index (Phi) is 7.36. The summed E-state index contributed by atoms with van der Waals surface area (Å²) >= 11 is 0. The van der Waals surface area contributed by atoms with Gasteiger partial charge in [0.05, 0.1) is 6.61 Å². The Balaban J connectivity index is 1.60. The quantitative estimate of drug-likeness (QED) is 0.637. The van der Waals surface area contributed by atoms with Gasteiger partial charge in [-0.2, -0.15) is 0 Å². The fourth-order valence-corrected chi connectivity index (χ4v) is 3.13. The van der Waals surface area contributed by atoms with Crippen LogP contribution in [0.1, 0.15) is 37.7 Å². The van der Waals surface area contributed by atoms with Crippen molar-refractivity contribution >= 4 is 5.91 Å². The van der Waals surface area contributed by atoms with E-state index in [2.05, 4.69) is 10.2 Å². The van der Waals surface area contributed by atoms with Gasteiger partial charge in [-0.05, 0) is 43.9 Å². The van der Waals surface area contributed by atoms with Gasteiger partial charge in [0, 0.05) is 25.6 Å². The summed E-state index contributed by atoms with van der Waals surface area (Å²) < 4.78 is 0. The van der Waals surface area contributed by atoms with Crippen molar-refractivity contribution in [3.05, 3.63) is 29.8 Å². The van der Waals surface area contributed by atoms with Crippen LogP contribution in [0.15, 0.2) is 24.3 Å². The molecule has 1 aliphatic rings. The number of likely N-dealkylation sites (tertiary alicyclic amines) is 1. The molecule has 1 atom stereocenters. The highest BCUT2D eigenvalue weighted by atomic mass is 16.3. The molecular formula is C18H28N2O3. The number of para-hydroxylation sites is 1. The number of aromatic hydroxyl groups is 1. The molecule has 0 radical (unpaired) electrons. The van der Waals surface area contributed by atoms with Gasteiger partial charge in [-0.3, -0.25) is 9.69 Å². The van der Waals surface area contributed by atoms with Crippen molar-refractivity contribution in [1.82, 2.24) is 10.2 Å². The molecule has 0 aliphatic carbocycles. The zero-order chi connectivity index (χ0) is 16.5. The fraction of sp³-hybridized carbons (Fsp3) is 0.611. The van der Waals surface area contributed by atoms with E-state index < -0.39 is 0 Å². The molecule has 5 nitrogen and oxygen atoms in total. The van der Waals surface area contributed by atoms with E-state index in [1.807, 2.05) is 12.1 Å². The third-order valence-corrected chi connectivity index (χ3v) is 4.52. The number of aryl methyl sites for hydroxylation is 1. The first-order valence-corrected chi connectivity index (χ1v) is 8.59. The molecule has 0 bridgehead atoms. The molecule has 1 aliphatic heterocycles. The first-order valence-electron chi connectivity index (χ1n) is 8.59. The van der Waals surface area contributed by atoms with E-state index in [-0.39, 0.29) is 18.3 Å². The van der Waals surface area contributed by atoms with E-state index in [1.165, 1.54) is 12.8 Å². The van der Waals surface area contributed by atoms with Gasteiger partial charge in [0.2, 0.25) is 5.91 Å². The summed E-state index contributed by atoms with van der Waals surface area (Å²) in [5.41, 5.74) is 0.807. The molecule has 1 heterocycles. The molecular weight excluding hydrogens is 292 g/mol. The first-order chi connectivity index (χ1) is 11.2. The average molecular weight is 320 g/mol. The van der Waals surface area contributed by atoms with Gasteiger partial charge in [0.1, 0.15) is 5.75 Å². The highest BCUT2D eigenvalue weighted by molar-refractivity contribution is 5.76. The average Bonchev–Trinajstić information content (AvgIpc) is 2.58. The molecule has 128 valence electrons. The number of carbonyl (C=O) groups excluding carboxylic acids is 1. The van der Waals surface area contributed by atoms with Gasteiger partial charge in [-0.15, -0.1) is 0 Å². The zero-order valence-corrected chi connectivity index (χ0v) is 13.7. The normalized spacial score (nSPS) is 18.7. The maximum absolute atomic E-state index is 11.9. The Labute approximate surface area is 138 Å². The van der Waals surface area contributed by atoms with Gasteiger partial charge < -0.3 is 15.5 Å². The minimum absolute atomic E-state index is 0.0191. The van der Waals surface area contributed by atoms with E-state index in [1.54, 1.807) is 12.1 Å². The molecule has 2 rings (SSSR count). The number of phenols is 1. The molecule has 0 aromatic heterocycles. The Morgan fingerprint density at radius 1 is 1.30 bits per heavy atom. The van der Waals surface area contributed by atoms with Crippen LogP contribution in [-0.2, 0) is 11.2 Å². The number of hydrogen-bond donors (Lipinski definition) is 3. The van der Waals surface area contributed by atoms with Crippen LogP contribution in [0.25, 0.3) is 0 Å². The summed E-state index contributed by atoms with van der Waals surface area (Å²) in [6.45, 7) is 2.86. The van der Waals surface area contributed by atoms with Crippen LogP contribution < -0.4 is 5.32 Å². The lowest BCUT2D eigenvalue weighted by Gasteiger charge is -2.34. The number of phenolic OH excluding ortho intramolecular Hbond substituents is 1. The van der Waals surface area contributed by atoms with Crippen molar-refractivity contribution in [2.24, 2.45) is 0 Å². The molecule has 1 saturated heterocycles. The molecule has 1 fully saturated rings. The van der Waals surface area contributed by atoms with Crippen LogP contribution in [-0.4, -0.2) is 53.3 Å². The monoisotopic (exact) mass is 320 g/mol. The standard InChI is InChI=1S/C18H28N2O3/c21-14-16-7-3-4-12-20(16)13-5-11-19-18(23)10-9-15-6-1-2-8-17(15)22/h1-2,6,8,16,21-22H,3-5,7,9-14H2,(H,19,23)/t16-/m0/s1. The van der Waals surface area contributed by atoms with Crippen LogP contribution in [0.3, 0.4) is 0 Å². The summed E-state index contributed by atoms with van der Waals surface area (Å²) in [5, 5.41) is 22.0. The molecule has 0 unspecified atom stereocenters. The summed E-state index contributed by atoms with van der Waals surface area (Å²) in [6, 6.07) is 7.42. The summed E-state index contributed by atoms with van der Waals surface area (Å²) in [7, 11) is 0. The van der Waals surface area contributed by atoms with Crippen molar-refractivity contribution in [3.63, 3.8) is 0 Å². The number of benzene rings is 1. The van der Waals surface area contributed by atoms with Gasteiger partial charge in [-0.1, -0.05) is 24.6 Å². The SMILES string of the molecule is O=C(CCc1ccccc1O)NCCCN1CCCC[C@H]1CO. The van der Waals surface area contributed by atoms with Crippen LogP contribution in [0.4, 0.5) is 0 Å². The summed E-state index contributed by atoms with van der Waals surface area (Å²) in [4.78, 5) is 14.2. The van der Waals surface area contributed by atoms with Crippen LogP contribution in [0.5, 0.6) is 5.75 Å². The van der Waals surface area contributed by atoms with E-state index >= 15 is 0 Å².